The zero-order valence-corrected chi connectivity index (χ0v) is 8.88. The van der Waals surface area contributed by atoms with Crippen molar-refractivity contribution < 1.29 is 49.2 Å². The molecule has 0 aromatic rings. The summed E-state index contributed by atoms with van der Waals surface area (Å²) in [6.45, 7) is -0.721. The van der Waals surface area contributed by atoms with Crippen LogP contribution in [0.15, 0.2) is 0 Å². The summed E-state index contributed by atoms with van der Waals surface area (Å²) in [6, 6.07) is 0. The van der Waals surface area contributed by atoms with Crippen molar-refractivity contribution in [3.05, 3.63) is 0 Å². The maximum Gasteiger partial charge on any atom is 1.00 e. The predicted molar refractivity (Wildman–Crippen MR) is 31.5 cm³/mol. The Morgan fingerprint density at radius 3 is 1.70 bits per heavy atom. The summed E-state index contributed by atoms with van der Waals surface area (Å²) in [6.07, 6.45) is -0.457. The van der Waals surface area contributed by atoms with Gasteiger partial charge < -0.3 is 19.7 Å². The van der Waals surface area contributed by atoms with Crippen molar-refractivity contribution in [2.24, 2.45) is 0 Å². The van der Waals surface area contributed by atoms with Crippen LogP contribution in [0.5, 0.6) is 0 Å². The molecule has 2 N–H and O–H groups in total. The van der Waals surface area contributed by atoms with E-state index in [0.29, 0.717) is 0 Å². The van der Waals surface area contributed by atoms with Crippen LogP contribution in [0, 0.1) is 0 Å². The van der Waals surface area contributed by atoms with Crippen LogP contribution in [0.2, 0.25) is 0 Å². The fraction of sp³-hybridized carbons (Fsp3) is 1.00. The first-order valence-corrected chi connectivity index (χ1v) is 4.63. The van der Waals surface area contributed by atoms with E-state index >= 15 is 0 Å². The van der Waals surface area contributed by atoms with Gasteiger partial charge in [0, 0.05) is 32.9 Å². The number of aliphatic hydroxyl groups is 2. The fourth-order valence-corrected chi connectivity index (χ4v) is 1.25. The summed E-state index contributed by atoms with van der Waals surface area (Å²) in [7, 11) is -3.44. The van der Waals surface area contributed by atoms with Crippen molar-refractivity contribution in [2.45, 2.75) is 0 Å². The van der Waals surface area contributed by atoms with Crippen molar-refractivity contribution in [3.63, 3.8) is 0 Å². The molecule has 0 rings (SSSR count). The number of rotatable bonds is 4. The van der Waals surface area contributed by atoms with Gasteiger partial charge in [-0.1, -0.05) is 0 Å². The van der Waals surface area contributed by atoms with E-state index in [1.807, 2.05) is 0 Å². The Kier molecular flexibility index (Phi) is 9.30. The monoisotopic (exact) mass is 176 g/mol. The molecule has 10 heavy (non-hydrogen) atoms. The standard InChI is InChI=1S/C4H11O4P.Na/c5-1-3-9(7,8)4-2-6;/h5-6H,1-4H2,(H,7,8);/q;+1/p-1. The summed E-state index contributed by atoms with van der Waals surface area (Å²) in [5.74, 6) is 0. The van der Waals surface area contributed by atoms with Crippen molar-refractivity contribution in [3.8, 4) is 0 Å². The molecule has 0 heterocycles. The Labute approximate surface area is 82.0 Å². The van der Waals surface area contributed by atoms with Gasteiger partial charge in [0.25, 0.3) is 0 Å². The first-order valence-electron chi connectivity index (χ1n) is 2.63. The molecule has 0 bridgehead atoms. The Bertz CT molecular complexity index is 108. The van der Waals surface area contributed by atoms with E-state index in [1.54, 1.807) is 0 Å². The maximum atomic E-state index is 10.5. The second-order valence-electron chi connectivity index (χ2n) is 1.71. The second-order valence-corrected chi connectivity index (χ2v) is 4.23. The molecular formula is C4H10NaO4P. The van der Waals surface area contributed by atoms with Crippen molar-refractivity contribution in [1.82, 2.24) is 0 Å². The SMILES string of the molecule is O=P([O-])(CCO)CCO.[Na+]. The molecule has 0 aliphatic rings. The quantitative estimate of drug-likeness (QED) is 0.335. The third-order valence-electron chi connectivity index (χ3n) is 0.881. The second kappa shape index (κ2) is 6.80. The summed E-state index contributed by atoms with van der Waals surface area (Å²) >= 11 is 0. The number of hydrogen-bond acceptors (Lipinski definition) is 4. The normalized spacial score (nSPS) is 10.7. The average Bonchev–Trinajstić information content (AvgIpc) is 1.64. The van der Waals surface area contributed by atoms with Crippen LogP contribution in [0.1, 0.15) is 0 Å². The van der Waals surface area contributed by atoms with Crippen LogP contribution >= 0.6 is 7.37 Å². The minimum absolute atomic E-state index is 0. The number of hydrogen-bond donors (Lipinski definition) is 2. The van der Waals surface area contributed by atoms with E-state index < -0.39 is 7.37 Å². The Morgan fingerprint density at radius 1 is 1.20 bits per heavy atom. The Morgan fingerprint density at radius 2 is 1.50 bits per heavy atom. The van der Waals surface area contributed by atoms with Gasteiger partial charge in [-0.25, -0.2) is 0 Å². The van der Waals surface area contributed by atoms with Gasteiger partial charge in [-0.15, -0.1) is 0 Å². The largest absolute Gasteiger partial charge is 1.00 e. The van der Waals surface area contributed by atoms with Crippen LogP contribution in [0.3, 0.4) is 0 Å². The molecule has 0 atom stereocenters. The van der Waals surface area contributed by atoms with Crippen LogP contribution in [0.4, 0.5) is 0 Å². The minimum Gasteiger partial charge on any atom is -0.799 e. The summed E-state index contributed by atoms with van der Waals surface area (Å²) < 4.78 is 10.5. The number of aliphatic hydroxyl groups excluding tert-OH is 2. The zero-order chi connectivity index (χ0) is 7.33. The minimum atomic E-state index is -3.44. The van der Waals surface area contributed by atoms with E-state index in [2.05, 4.69) is 0 Å². The van der Waals surface area contributed by atoms with Gasteiger partial charge in [-0.2, -0.15) is 0 Å². The van der Waals surface area contributed by atoms with E-state index in [9.17, 15) is 9.46 Å². The van der Waals surface area contributed by atoms with Gasteiger partial charge in [-0.3, -0.25) is 0 Å². The predicted octanol–water partition coefficient (Wildman–Crippen LogP) is -4.39. The summed E-state index contributed by atoms with van der Waals surface area (Å²) in [5.41, 5.74) is 0. The maximum absolute atomic E-state index is 10.5. The van der Waals surface area contributed by atoms with E-state index in [4.69, 9.17) is 10.2 Å². The molecular weight excluding hydrogens is 166 g/mol. The third kappa shape index (κ3) is 7.22. The van der Waals surface area contributed by atoms with Crippen LogP contribution in [-0.2, 0) is 4.57 Å². The first-order chi connectivity index (χ1) is 4.12. The molecule has 0 aliphatic heterocycles. The smallest absolute Gasteiger partial charge is 0.799 e. The van der Waals surface area contributed by atoms with E-state index in [1.165, 1.54) is 0 Å². The van der Waals surface area contributed by atoms with Gasteiger partial charge in [0.1, 0.15) is 0 Å². The third-order valence-corrected chi connectivity index (χ3v) is 2.64. The van der Waals surface area contributed by atoms with Crippen LogP contribution in [0.25, 0.3) is 0 Å². The molecule has 0 saturated carbocycles. The van der Waals surface area contributed by atoms with Gasteiger partial charge >= 0.3 is 29.6 Å². The molecule has 0 aromatic carbocycles. The summed E-state index contributed by atoms with van der Waals surface area (Å²) in [4.78, 5) is 10.5. The molecule has 56 valence electrons. The summed E-state index contributed by atoms with van der Waals surface area (Å²) in [5, 5.41) is 16.3. The van der Waals surface area contributed by atoms with Crippen molar-refractivity contribution in [2.75, 3.05) is 25.5 Å². The average molecular weight is 176 g/mol. The molecule has 0 fully saturated rings. The van der Waals surface area contributed by atoms with Crippen molar-refractivity contribution >= 4 is 7.37 Å². The van der Waals surface area contributed by atoms with Gasteiger partial charge in [0.2, 0.25) is 0 Å². The van der Waals surface area contributed by atoms with Crippen LogP contribution in [-0.4, -0.2) is 35.8 Å². The zero-order valence-electron chi connectivity index (χ0n) is 5.99. The Balaban J connectivity index is 0. The first kappa shape index (κ1) is 13.7. The van der Waals surface area contributed by atoms with Crippen LogP contribution < -0.4 is 34.5 Å². The van der Waals surface area contributed by atoms with E-state index in [-0.39, 0.29) is 55.1 Å². The molecule has 0 aliphatic carbocycles. The molecule has 0 spiro atoms. The molecule has 6 heteroatoms. The molecule has 0 unspecified atom stereocenters. The fourth-order valence-electron chi connectivity index (χ4n) is 0.417. The topological polar surface area (TPSA) is 80.6 Å². The molecule has 0 radical (unpaired) electrons. The van der Waals surface area contributed by atoms with E-state index in [0.717, 1.165) is 0 Å². The van der Waals surface area contributed by atoms with Gasteiger partial charge in [0.15, 0.2) is 0 Å². The molecule has 0 saturated heterocycles. The molecule has 0 aromatic heterocycles. The van der Waals surface area contributed by atoms with Gasteiger partial charge in [-0.05, 0) is 0 Å². The Hall–Kier alpha value is 1.11. The van der Waals surface area contributed by atoms with Gasteiger partial charge in [0.05, 0.1) is 0 Å². The molecule has 4 nitrogen and oxygen atoms in total. The van der Waals surface area contributed by atoms with Crippen molar-refractivity contribution in [1.29, 1.82) is 0 Å². The molecule has 0 amide bonds.